The molecule has 0 spiro atoms. The fourth-order valence-electron chi connectivity index (χ4n) is 2.85. The van der Waals surface area contributed by atoms with E-state index in [2.05, 4.69) is 4.72 Å². The first kappa shape index (κ1) is 17.4. The van der Waals surface area contributed by atoms with Gasteiger partial charge in [0.05, 0.1) is 0 Å². The average Bonchev–Trinajstić information content (AvgIpc) is 2.26. The van der Waals surface area contributed by atoms with E-state index < -0.39 is 21.7 Å². The number of aliphatic carboxylic acids is 1. The van der Waals surface area contributed by atoms with E-state index in [-0.39, 0.29) is 18.3 Å². The Kier molecular flexibility index (Phi) is 5.57. The molecule has 1 saturated heterocycles. The molecule has 1 aliphatic rings. The summed E-state index contributed by atoms with van der Waals surface area (Å²) in [5.41, 5.74) is -1.45. The topological polar surface area (TPSA) is 86.7 Å². The monoisotopic (exact) mass is 306 g/mol. The first-order valence-corrected chi connectivity index (χ1v) is 8.57. The van der Waals surface area contributed by atoms with Crippen molar-refractivity contribution in [2.75, 3.05) is 13.1 Å². The van der Waals surface area contributed by atoms with E-state index in [4.69, 9.17) is 0 Å². The Labute approximate surface area is 121 Å². The second kappa shape index (κ2) is 6.41. The van der Waals surface area contributed by atoms with Crippen molar-refractivity contribution in [3.05, 3.63) is 0 Å². The van der Waals surface area contributed by atoms with Crippen LogP contribution in [0.1, 0.15) is 47.0 Å². The van der Waals surface area contributed by atoms with Crippen LogP contribution in [0.25, 0.3) is 0 Å². The fourth-order valence-corrected chi connectivity index (χ4v) is 4.64. The van der Waals surface area contributed by atoms with Crippen LogP contribution in [0.15, 0.2) is 0 Å². The highest BCUT2D eigenvalue weighted by atomic mass is 32.2. The Morgan fingerprint density at radius 1 is 1.35 bits per heavy atom. The molecule has 0 radical (unpaired) electrons. The molecule has 0 saturated carbocycles. The number of hydrogen-bond donors (Lipinski definition) is 2. The lowest BCUT2D eigenvalue weighted by atomic mass is 9.94. The molecule has 0 aromatic rings. The van der Waals surface area contributed by atoms with Crippen LogP contribution in [-0.4, -0.2) is 42.4 Å². The summed E-state index contributed by atoms with van der Waals surface area (Å²) in [7, 11) is -3.77. The van der Waals surface area contributed by atoms with Crippen LogP contribution < -0.4 is 4.72 Å². The highest BCUT2D eigenvalue weighted by Gasteiger charge is 2.40. The number of piperidine rings is 1. The third-order valence-electron chi connectivity index (χ3n) is 3.75. The lowest BCUT2D eigenvalue weighted by molar-refractivity contribution is -0.143. The molecule has 0 bridgehead atoms. The first-order valence-electron chi connectivity index (χ1n) is 7.13. The molecule has 1 heterocycles. The summed E-state index contributed by atoms with van der Waals surface area (Å²) in [5, 5.41) is 9.28. The number of hydrogen-bond acceptors (Lipinski definition) is 3. The molecule has 0 aliphatic carbocycles. The molecule has 0 aromatic heterocycles. The van der Waals surface area contributed by atoms with Gasteiger partial charge in [0.1, 0.15) is 5.54 Å². The minimum Gasteiger partial charge on any atom is -0.480 e. The van der Waals surface area contributed by atoms with Crippen molar-refractivity contribution in [1.29, 1.82) is 0 Å². The van der Waals surface area contributed by atoms with Gasteiger partial charge in [0.15, 0.2) is 0 Å². The number of carboxylic acids is 1. The highest BCUT2D eigenvalue weighted by Crippen LogP contribution is 2.24. The highest BCUT2D eigenvalue weighted by molar-refractivity contribution is 7.87. The standard InChI is InChI=1S/C13H26N2O4S/c1-5-6-13(4,12(16)17)14-20(18,19)15-8-10(2)7-11(3)9-15/h10-11,14H,5-9H2,1-4H3,(H,16,17). The number of carboxylic acid groups (broad SMARTS) is 1. The van der Waals surface area contributed by atoms with Gasteiger partial charge in [0, 0.05) is 13.1 Å². The molecule has 2 N–H and O–H groups in total. The zero-order valence-corrected chi connectivity index (χ0v) is 13.5. The Bertz CT molecular complexity index is 441. The molecule has 3 unspecified atom stereocenters. The van der Waals surface area contributed by atoms with Crippen LogP contribution in [-0.2, 0) is 15.0 Å². The summed E-state index contributed by atoms with van der Waals surface area (Å²) < 4.78 is 28.6. The minimum atomic E-state index is -3.77. The van der Waals surface area contributed by atoms with Crippen LogP contribution in [0.3, 0.4) is 0 Å². The molecular formula is C13H26N2O4S. The predicted octanol–water partition coefficient (Wildman–Crippen LogP) is 1.44. The first-order chi connectivity index (χ1) is 9.10. The summed E-state index contributed by atoms with van der Waals surface area (Å²) in [6.45, 7) is 8.18. The number of carbonyl (C=O) groups is 1. The molecular weight excluding hydrogens is 280 g/mol. The molecule has 1 fully saturated rings. The third kappa shape index (κ3) is 4.17. The zero-order valence-electron chi connectivity index (χ0n) is 12.7. The smallest absolute Gasteiger partial charge is 0.324 e. The molecule has 3 atom stereocenters. The number of nitrogens with zero attached hydrogens (tertiary/aromatic N) is 1. The summed E-state index contributed by atoms with van der Waals surface area (Å²) in [6.07, 6.45) is 1.86. The van der Waals surface area contributed by atoms with Gasteiger partial charge in [-0.05, 0) is 31.6 Å². The normalized spacial score (nSPS) is 28.0. The van der Waals surface area contributed by atoms with Gasteiger partial charge >= 0.3 is 5.97 Å². The molecule has 6 nitrogen and oxygen atoms in total. The van der Waals surface area contributed by atoms with Crippen LogP contribution in [0, 0.1) is 11.8 Å². The molecule has 1 aliphatic heterocycles. The van der Waals surface area contributed by atoms with E-state index >= 15 is 0 Å². The maximum atomic E-state index is 12.4. The lowest BCUT2D eigenvalue weighted by Crippen LogP contribution is -2.58. The predicted molar refractivity (Wildman–Crippen MR) is 77.5 cm³/mol. The van der Waals surface area contributed by atoms with Gasteiger partial charge in [0.25, 0.3) is 10.2 Å². The van der Waals surface area contributed by atoms with Gasteiger partial charge in [-0.25, -0.2) is 0 Å². The second-order valence-corrected chi connectivity index (χ2v) is 7.93. The summed E-state index contributed by atoms with van der Waals surface area (Å²) in [4.78, 5) is 11.4. The van der Waals surface area contributed by atoms with E-state index in [1.54, 1.807) is 0 Å². The van der Waals surface area contributed by atoms with Gasteiger partial charge in [0.2, 0.25) is 0 Å². The number of rotatable bonds is 6. The van der Waals surface area contributed by atoms with E-state index in [0.717, 1.165) is 6.42 Å². The van der Waals surface area contributed by atoms with Crippen LogP contribution in [0.4, 0.5) is 0 Å². The molecule has 20 heavy (non-hydrogen) atoms. The van der Waals surface area contributed by atoms with Crippen LogP contribution in [0.5, 0.6) is 0 Å². The van der Waals surface area contributed by atoms with Gasteiger partial charge in [-0.2, -0.15) is 17.4 Å². The van der Waals surface area contributed by atoms with Crippen molar-refractivity contribution < 1.29 is 18.3 Å². The van der Waals surface area contributed by atoms with E-state index in [9.17, 15) is 18.3 Å². The van der Waals surface area contributed by atoms with E-state index in [1.807, 2.05) is 20.8 Å². The van der Waals surface area contributed by atoms with Crippen molar-refractivity contribution in [3.63, 3.8) is 0 Å². The van der Waals surface area contributed by atoms with Gasteiger partial charge < -0.3 is 5.11 Å². The third-order valence-corrected chi connectivity index (χ3v) is 5.44. The molecule has 118 valence electrons. The SMILES string of the molecule is CCCC(C)(NS(=O)(=O)N1CC(C)CC(C)C1)C(=O)O. The molecule has 7 heteroatoms. The van der Waals surface area contributed by atoms with Crippen molar-refractivity contribution in [2.45, 2.75) is 52.5 Å². The quantitative estimate of drug-likeness (QED) is 0.777. The molecule has 0 aromatic carbocycles. The van der Waals surface area contributed by atoms with Crippen LogP contribution in [0.2, 0.25) is 0 Å². The zero-order chi connectivity index (χ0) is 15.6. The Morgan fingerprint density at radius 3 is 2.25 bits per heavy atom. The Hall–Kier alpha value is -0.660. The molecule has 0 amide bonds. The van der Waals surface area contributed by atoms with Gasteiger partial charge in [-0.15, -0.1) is 0 Å². The van der Waals surface area contributed by atoms with Gasteiger partial charge in [-0.3, -0.25) is 4.79 Å². The van der Waals surface area contributed by atoms with Crippen molar-refractivity contribution in [3.8, 4) is 0 Å². The maximum Gasteiger partial charge on any atom is 0.324 e. The van der Waals surface area contributed by atoms with Crippen molar-refractivity contribution in [1.82, 2.24) is 9.03 Å². The summed E-state index contributed by atoms with van der Waals surface area (Å²) in [6, 6.07) is 0. The van der Waals surface area contributed by atoms with Crippen molar-refractivity contribution in [2.24, 2.45) is 11.8 Å². The summed E-state index contributed by atoms with van der Waals surface area (Å²) in [5.74, 6) is -0.559. The number of nitrogens with one attached hydrogen (secondary N) is 1. The average molecular weight is 306 g/mol. The second-order valence-electron chi connectivity index (χ2n) is 6.26. The van der Waals surface area contributed by atoms with Crippen LogP contribution >= 0.6 is 0 Å². The van der Waals surface area contributed by atoms with Gasteiger partial charge in [-0.1, -0.05) is 27.2 Å². The lowest BCUT2D eigenvalue weighted by Gasteiger charge is -2.36. The minimum absolute atomic E-state index is 0.264. The largest absolute Gasteiger partial charge is 0.480 e. The maximum absolute atomic E-state index is 12.4. The van der Waals surface area contributed by atoms with Crippen molar-refractivity contribution >= 4 is 16.2 Å². The Balaban J connectivity index is 2.90. The van der Waals surface area contributed by atoms with E-state index in [0.29, 0.717) is 19.5 Å². The molecule has 1 rings (SSSR count). The fraction of sp³-hybridized carbons (Fsp3) is 0.923. The Morgan fingerprint density at radius 2 is 1.85 bits per heavy atom. The van der Waals surface area contributed by atoms with E-state index in [1.165, 1.54) is 11.2 Å². The summed E-state index contributed by atoms with van der Waals surface area (Å²) >= 11 is 0.